The summed E-state index contributed by atoms with van der Waals surface area (Å²) >= 11 is 0. The summed E-state index contributed by atoms with van der Waals surface area (Å²) in [5, 5.41) is 17.6. The quantitative estimate of drug-likeness (QED) is 0.146. The van der Waals surface area contributed by atoms with Crippen molar-refractivity contribution in [3.05, 3.63) is 267 Å². The molecule has 0 aliphatic carbocycles. The van der Waals surface area contributed by atoms with E-state index >= 15 is 0 Å². The summed E-state index contributed by atoms with van der Waals surface area (Å²) in [5.74, 6) is 0. The standard InChI is InChI=1S/C70H44/c1-2-16-49(17-3-1)67-59-20-6-8-22-61(59)68(62-23-9-7-21-60(62)67)50-35-29-45(30-36-50)51-37-31-46-32-38-52(42-55(46)41-51)53-39-33-47-34-40-54(44-56(47)43-53)69-63-24-10-12-26-65(63)70(66-27-13-11-25-64(66)69)58-28-14-18-48-15-4-5-19-57(48)58/h1-44H. The normalized spacial score (nSPS) is 11.7. The Labute approximate surface area is 407 Å². The van der Waals surface area contributed by atoms with Gasteiger partial charge in [-0.15, -0.1) is 0 Å². The van der Waals surface area contributed by atoms with Crippen LogP contribution in [0.5, 0.6) is 0 Å². The number of hydrogen-bond acceptors (Lipinski definition) is 0. The highest BCUT2D eigenvalue weighted by Gasteiger charge is 2.19. The van der Waals surface area contributed by atoms with Crippen LogP contribution in [-0.4, -0.2) is 0 Å². The van der Waals surface area contributed by atoms with Crippen molar-refractivity contribution in [2.24, 2.45) is 0 Å². The maximum Gasteiger partial charge on any atom is -0.00201 e. The van der Waals surface area contributed by atoms with Gasteiger partial charge in [-0.1, -0.05) is 243 Å². The zero-order valence-corrected chi connectivity index (χ0v) is 38.4. The van der Waals surface area contributed by atoms with Gasteiger partial charge < -0.3 is 0 Å². The van der Waals surface area contributed by atoms with Crippen molar-refractivity contribution < 1.29 is 0 Å². The predicted octanol–water partition coefficient (Wildman–Crippen LogP) is 19.8. The van der Waals surface area contributed by atoms with Crippen LogP contribution in [0.4, 0.5) is 0 Å². The molecule has 0 bridgehead atoms. The van der Waals surface area contributed by atoms with E-state index in [0.717, 1.165) is 0 Å². The molecule has 0 nitrogen and oxygen atoms in total. The summed E-state index contributed by atoms with van der Waals surface area (Å²) in [4.78, 5) is 0. The van der Waals surface area contributed by atoms with E-state index in [2.05, 4.69) is 267 Å². The lowest BCUT2D eigenvalue weighted by molar-refractivity contribution is 1.62. The highest BCUT2D eigenvalue weighted by atomic mass is 14.2. The zero-order chi connectivity index (χ0) is 46.1. The van der Waals surface area contributed by atoms with E-state index in [1.54, 1.807) is 0 Å². The summed E-state index contributed by atoms with van der Waals surface area (Å²) in [6.45, 7) is 0. The van der Waals surface area contributed by atoms with Gasteiger partial charge in [-0.3, -0.25) is 0 Å². The van der Waals surface area contributed by atoms with Crippen LogP contribution in [0.3, 0.4) is 0 Å². The van der Waals surface area contributed by atoms with E-state index < -0.39 is 0 Å². The third kappa shape index (κ3) is 6.53. The topological polar surface area (TPSA) is 0 Å². The van der Waals surface area contributed by atoms with E-state index in [9.17, 15) is 0 Å². The summed E-state index contributed by atoms with van der Waals surface area (Å²) in [6, 6.07) is 98.8. The lowest BCUT2D eigenvalue weighted by atomic mass is 9.84. The smallest absolute Gasteiger partial charge is 0.00201 e. The van der Waals surface area contributed by atoms with Crippen molar-refractivity contribution in [2.75, 3.05) is 0 Å². The minimum Gasteiger partial charge on any atom is -0.0622 e. The Kier molecular flexibility index (Phi) is 9.32. The Hall–Kier alpha value is -9.10. The third-order valence-electron chi connectivity index (χ3n) is 14.8. The van der Waals surface area contributed by atoms with Crippen molar-refractivity contribution >= 4 is 75.4 Å². The van der Waals surface area contributed by atoms with Crippen molar-refractivity contribution in [3.63, 3.8) is 0 Å². The molecule has 0 N–H and O–H groups in total. The fraction of sp³-hybridized carbons (Fsp3) is 0. The van der Waals surface area contributed by atoms with Gasteiger partial charge in [0.05, 0.1) is 0 Å². The summed E-state index contributed by atoms with van der Waals surface area (Å²) in [7, 11) is 0. The van der Waals surface area contributed by atoms with E-state index in [0.29, 0.717) is 0 Å². The summed E-state index contributed by atoms with van der Waals surface area (Å²) in [6.07, 6.45) is 0. The Balaban J connectivity index is 0.834. The average molecular weight is 885 g/mol. The van der Waals surface area contributed by atoms with E-state index in [1.807, 2.05) is 0 Å². The van der Waals surface area contributed by atoms with E-state index in [1.165, 1.54) is 142 Å². The van der Waals surface area contributed by atoms with E-state index in [-0.39, 0.29) is 0 Å². The van der Waals surface area contributed by atoms with Crippen molar-refractivity contribution in [2.45, 2.75) is 0 Å². The van der Waals surface area contributed by atoms with Gasteiger partial charge >= 0.3 is 0 Å². The van der Waals surface area contributed by atoms with Gasteiger partial charge in [0.1, 0.15) is 0 Å². The van der Waals surface area contributed by atoms with Gasteiger partial charge in [-0.2, -0.15) is 0 Å². The maximum atomic E-state index is 2.40. The third-order valence-corrected chi connectivity index (χ3v) is 14.8. The molecule has 0 atom stereocenters. The van der Waals surface area contributed by atoms with Crippen LogP contribution < -0.4 is 0 Å². The van der Waals surface area contributed by atoms with Crippen LogP contribution in [0.2, 0.25) is 0 Å². The largest absolute Gasteiger partial charge is 0.0622 e. The van der Waals surface area contributed by atoms with Crippen molar-refractivity contribution in [3.8, 4) is 66.8 Å². The first-order valence-corrected chi connectivity index (χ1v) is 24.3. The molecule has 0 unspecified atom stereocenters. The van der Waals surface area contributed by atoms with Crippen LogP contribution in [0.15, 0.2) is 267 Å². The first kappa shape index (κ1) is 40.0. The molecule has 14 aromatic carbocycles. The lowest BCUT2D eigenvalue weighted by Gasteiger charge is -2.19. The predicted molar refractivity (Wildman–Crippen MR) is 302 cm³/mol. The van der Waals surface area contributed by atoms with Crippen LogP contribution in [0.1, 0.15) is 0 Å². The van der Waals surface area contributed by atoms with Gasteiger partial charge in [-0.05, 0) is 166 Å². The molecular weight excluding hydrogens is 841 g/mol. The van der Waals surface area contributed by atoms with Crippen LogP contribution in [-0.2, 0) is 0 Å². The molecule has 0 saturated carbocycles. The van der Waals surface area contributed by atoms with Gasteiger partial charge in [0.15, 0.2) is 0 Å². The monoisotopic (exact) mass is 884 g/mol. The second kappa shape index (κ2) is 16.3. The van der Waals surface area contributed by atoms with Crippen molar-refractivity contribution in [1.29, 1.82) is 0 Å². The molecule has 0 amide bonds. The number of rotatable bonds is 6. The lowest BCUT2D eigenvalue weighted by Crippen LogP contribution is -1.91. The SMILES string of the molecule is c1ccc(-c2c3ccccc3c(-c3ccc(-c4ccc5ccc(-c6ccc7ccc(-c8c9ccccc9c(-c9cccc%10ccccc9%10)c9ccccc89)cc7c6)cc5c4)cc3)c3ccccc23)cc1. The molecule has 0 saturated heterocycles. The van der Waals surface area contributed by atoms with Gasteiger partial charge in [-0.25, -0.2) is 0 Å². The Morgan fingerprint density at radius 3 is 0.943 bits per heavy atom. The second-order valence-electron chi connectivity index (χ2n) is 18.7. The Morgan fingerprint density at radius 1 is 0.143 bits per heavy atom. The Morgan fingerprint density at radius 2 is 0.457 bits per heavy atom. The summed E-state index contributed by atoms with van der Waals surface area (Å²) in [5.41, 5.74) is 14.9. The molecule has 0 heteroatoms. The molecule has 14 aromatic rings. The van der Waals surface area contributed by atoms with Gasteiger partial charge in [0.2, 0.25) is 0 Å². The minimum absolute atomic E-state index is 1.20. The number of fused-ring (bicyclic) bond motifs is 7. The number of hydrogen-bond donors (Lipinski definition) is 0. The molecule has 14 rings (SSSR count). The second-order valence-corrected chi connectivity index (χ2v) is 18.7. The molecule has 0 radical (unpaired) electrons. The highest BCUT2D eigenvalue weighted by molar-refractivity contribution is 6.24. The molecule has 0 fully saturated rings. The van der Waals surface area contributed by atoms with Gasteiger partial charge in [0.25, 0.3) is 0 Å². The maximum absolute atomic E-state index is 2.40. The fourth-order valence-electron chi connectivity index (χ4n) is 11.5. The molecule has 324 valence electrons. The number of benzene rings is 14. The molecule has 0 aromatic heterocycles. The molecule has 0 aliphatic rings. The summed E-state index contributed by atoms with van der Waals surface area (Å²) < 4.78 is 0. The van der Waals surface area contributed by atoms with Crippen LogP contribution in [0.25, 0.3) is 142 Å². The molecule has 0 aliphatic heterocycles. The molecule has 0 spiro atoms. The van der Waals surface area contributed by atoms with Crippen molar-refractivity contribution in [1.82, 2.24) is 0 Å². The Bertz CT molecular complexity index is 4270. The minimum atomic E-state index is 1.20. The molecular formula is C70H44. The van der Waals surface area contributed by atoms with E-state index in [4.69, 9.17) is 0 Å². The fourth-order valence-corrected chi connectivity index (χ4v) is 11.5. The highest BCUT2D eigenvalue weighted by Crippen LogP contribution is 2.47. The molecule has 0 heterocycles. The van der Waals surface area contributed by atoms with Crippen LogP contribution >= 0.6 is 0 Å². The van der Waals surface area contributed by atoms with Crippen LogP contribution in [0, 0.1) is 0 Å². The zero-order valence-electron chi connectivity index (χ0n) is 38.4. The van der Waals surface area contributed by atoms with Gasteiger partial charge in [0, 0.05) is 0 Å². The molecule has 70 heavy (non-hydrogen) atoms. The average Bonchev–Trinajstić information content (AvgIpc) is 3.43. The first-order chi connectivity index (χ1) is 34.7. The first-order valence-electron chi connectivity index (χ1n) is 24.3.